The topological polar surface area (TPSA) is 69.6 Å². The number of hydrogen-bond donors (Lipinski definition) is 3. The Labute approximate surface area is 307 Å². The molecule has 2 atom stereocenters. The van der Waals surface area contributed by atoms with Gasteiger partial charge < -0.3 is 15.5 Å². The van der Waals surface area contributed by atoms with Crippen LogP contribution in [0.4, 0.5) is 0 Å². The molecule has 2 unspecified atom stereocenters. The van der Waals surface area contributed by atoms with Crippen LogP contribution in [0.1, 0.15) is 251 Å². The van der Waals surface area contributed by atoms with Crippen LogP contribution < -0.4 is 5.32 Å². The van der Waals surface area contributed by atoms with E-state index in [0.717, 1.165) is 25.7 Å². The van der Waals surface area contributed by atoms with Crippen molar-refractivity contribution in [2.75, 3.05) is 6.61 Å². The summed E-state index contributed by atoms with van der Waals surface area (Å²) in [6.45, 7) is 4.31. The number of rotatable bonds is 41. The molecule has 0 aliphatic rings. The highest BCUT2D eigenvalue weighted by molar-refractivity contribution is 5.76. The van der Waals surface area contributed by atoms with Crippen molar-refractivity contribution in [3.8, 4) is 0 Å². The normalized spacial score (nSPS) is 13.0. The van der Waals surface area contributed by atoms with Gasteiger partial charge in [0.2, 0.25) is 5.91 Å². The lowest BCUT2D eigenvalue weighted by Gasteiger charge is -2.20. The SMILES string of the molecule is CCCCCCCCCCCCCCCCCCCCCCCCCCC/C=C/C(O)C(CO)NC(=O)CCCCCCCCCCCC. The van der Waals surface area contributed by atoms with Crippen LogP contribution in [-0.2, 0) is 4.79 Å². The molecule has 0 bridgehead atoms. The number of aliphatic hydroxyl groups excluding tert-OH is 2. The monoisotopic (exact) mass is 692 g/mol. The summed E-state index contributed by atoms with van der Waals surface area (Å²) in [5.41, 5.74) is 0. The summed E-state index contributed by atoms with van der Waals surface area (Å²) in [6, 6.07) is -0.615. The molecular formula is C45H89NO3. The predicted molar refractivity (Wildman–Crippen MR) is 216 cm³/mol. The molecule has 49 heavy (non-hydrogen) atoms. The summed E-state index contributed by atoms with van der Waals surface area (Å²) in [4.78, 5) is 12.3. The number of allylic oxidation sites excluding steroid dienone is 1. The Morgan fingerprint density at radius 1 is 0.469 bits per heavy atom. The number of carbonyl (C=O) groups is 1. The first-order valence-corrected chi connectivity index (χ1v) is 22.4. The molecule has 3 N–H and O–H groups in total. The van der Waals surface area contributed by atoms with Gasteiger partial charge >= 0.3 is 0 Å². The second kappa shape index (κ2) is 41.5. The van der Waals surface area contributed by atoms with Crippen LogP contribution in [0.2, 0.25) is 0 Å². The minimum Gasteiger partial charge on any atom is -0.394 e. The summed E-state index contributed by atoms with van der Waals surface area (Å²) < 4.78 is 0. The molecule has 0 aromatic carbocycles. The van der Waals surface area contributed by atoms with Gasteiger partial charge in [-0.2, -0.15) is 0 Å². The van der Waals surface area contributed by atoms with Crippen molar-refractivity contribution in [3.05, 3.63) is 12.2 Å². The molecule has 0 saturated heterocycles. The number of hydrogen-bond acceptors (Lipinski definition) is 3. The zero-order valence-corrected chi connectivity index (χ0v) is 33.5. The van der Waals surface area contributed by atoms with E-state index in [1.807, 2.05) is 6.08 Å². The molecule has 0 aliphatic carbocycles. The van der Waals surface area contributed by atoms with Crippen LogP contribution in [0.5, 0.6) is 0 Å². The van der Waals surface area contributed by atoms with Crippen LogP contribution in [0, 0.1) is 0 Å². The second-order valence-electron chi connectivity index (χ2n) is 15.5. The van der Waals surface area contributed by atoms with Crippen molar-refractivity contribution in [2.24, 2.45) is 0 Å². The zero-order chi connectivity index (χ0) is 35.7. The van der Waals surface area contributed by atoms with E-state index in [1.165, 1.54) is 205 Å². The van der Waals surface area contributed by atoms with E-state index in [0.29, 0.717) is 6.42 Å². The predicted octanol–water partition coefficient (Wildman–Crippen LogP) is 13.9. The summed E-state index contributed by atoms with van der Waals surface area (Å²) >= 11 is 0. The Bertz CT molecular complexity index is 666. The van der Waals surface area contributed by atoms with Crippen molar-refractivity contribution in [2.45, 2.75) is 264 Å². The third-order valence-electron chi connectivity index (χ3n) is 10.5. The van der Waals surface area contributed by atoms with Crippen molar-refractivity contribution in [1.29, 1.82) is 0 Å². The number of aliphatic hydroxyl groups is 2. The van der Waals surface area contributed by atoms with Gasteiger partial charge in [0.25, 0.3) is 0 Å². The minimum atomic E-state index is -0.833. The van der Waals surface area contributed by atoms with Gasteiger partial charge in [0.05, 0.1) is 18.8 Å². The van der Waals surface area contributed by atoms with Gasteiger partial charge in [-0.15, -0.1) is 0 Å². The summed E-state index contributed by atoms with van der Waals surface area (Å²) in [6.07, 6.45) is 52.0. The molecule has 0 aromatic rings. The zero-order valence-electron chi connectivity index (χ0n) is 33.5. The Hall–Kier alpha value is -0.870. The molecule has 0 radical (unpaired) electrons. The smallest absolute Gasteiger partial charge is 0.220 e. The van der Waals surface area contributed by atoms with E-state index in [9.17, 15) is 15.0 Å². The third-order valence-corrected chi connectivity index (χ3v) is 10.5. The molecule has 0 aliphatic heterocycles. The van der Waals surface area contributed by atoms with Crippen LogP contribution >= 0.6 is 0 Å². The third kappa shape index (κ3) is 38.2. The van der Waals surface area contributed by atoms with E-state index in [1.54, 1.807) is 6.08 Å². The molecule has 0 fully saturated rings. The fourth-order valence-corrected chi connectivity index (χ4v) is 7.06. The average Bonchev–Trinajstić information content (AvgIpc) is 3.10. The Kier molecular flexibility index (Phi) is 40.8. The van der Waals surface area contributed by atoms with Crippen LogP contribution in [0.15, 0.2) is 12.2 Å². The molecule has 4 nitrogen and oxygen atoms in total. The standard InChI is InChI=1S/C45H89NO3/c1-3-5-7-9-11-13-15-16-17-18-19-20-21-22-23-24-25-26-27-28-29-30-31-32-34-36-38-40-44(48)43(42-47)46-45(49)41-39-37-35-33-14-12-10-8-6-4-2/h38,40,43-44,47-48H,3-37,39,41-42H2,1-2H3,(H,46,49)/b40-38+. The molecule has 0 rings (SSSR count). The summed E-state index contributed by atoms with van der Waals surface area (Å²) in [7, 11) is 0. The number of unbranched alkanes of at least 4 members (excludes halogenated alkanes) is 34. The van der Waals surface area contributed by atoms with Crippen molar-refractivity contribution >= 4 is 5.91 Å². The maximum absolute atomic E-state index is 12.3. The van der Waals surface area contributed by atoms with Crippen molar-refractivity contribution in [3.63, 3.8) is 0 Å². The fraction of sp³-hybridized carbons (Fsp3) is 0.933. The summed E-state index contributed by atoms with van der Waals surface area (Å²) in [5.74, 6) is -0.0636. The molecule has 0 saturated carbocycles. The molecule has 0 heterocycles. The molecular weight excluding hydrogens is 602 g/mol. The lowest BCUT2D eigenvalue weighted by molar-refractivity contribution is -0.123. The first kappa shape index (κ1) is 48.1. The lowest BCUT2D eigenvalue weighted by Crippen LogP contribution is -2.45. The Morgan fingerprint density at radius 3 is 1.06 bits per heavy atom. The first-order chi connectivity index (χ1) is 24.2. The average molecular weight is 692 g/mol. The number of carbonyl (C=O) groups excluding carboxylic acids is 1. The van der Waals surface area contributed by atoms with Gasteiger partial charge in [0.1, 0.15) is 0 Å². The molecule has 292 valence electrons. The van der Waals surface area contributed by atoms with Gasteiger partial charge in [-0.3, -0.25) is 4.79 Å². The van der Waals surface area contributed by atoms with Gasteiger partial charge in [-0.05, 0) is 19.3 Å². The molecule has 1 amide bonds. The highest BCUT2D eigenvalue weighted by Gasteiger charge is 2.17. The van der Waals surface area contributed by atoms with Gasteiger partial charge in [0.15, 0.2) is 0 Å². The van der Waals surface area contributed by atoms with E-state index < -0.39 is 12.1 Å². The quantitative estimate of drug-likeness (QED) is 0.0441. The number of nitrogens with one attached hydrogen (secondary N) is 1. The Morgan fingerprint density at radius 2 is 0.755 bits per heavy atom. The van der Waals surface area contributed by atoms with Crippen molar-refractivity contribution < 1.29 is 15.0 Å². The van der Waals surface area contributed by atoms with Gasteiger partial charge in [-0.1, -0.05) is 238 Å². The van der Waals surface area contributed by atoms with Crippen LogP contribution in [0.25, 0.3) is 0 Å². The highest BCUT2D eigenvalue weighted by atomic mass is 16.3. The molecule has 0 aromatic heterocycles. The van der Waals surface area contributed by atoms with Crippen LogP contribution in [-0.4, -0.2) is 34.9 Å². The fourth-order valence-electron chi connectivity index (χ4n) is 7.06. The van der Waals surface area contributed by atoms with Crippen molar-refractivity contribution in [1.82, 2.24) is 5.32 Å². The molecule has 4 heteroatoms. The highest BCUT2D eigenvalue weighted by Crippen LogP contribution is 2.16. The maximum atomic E-state index is 12.3. The van der Waals surface area contributed by atoms with E-state index in [-0.39, 0.29) is 12.5 Å². The minimum absolute atomic E-state index is 0.0636. The second-order valence-corrected chi connectivity index (χ2v) is 15.5. The first-order valence-electron chi connectivity index (χ1n) is 22.4. The lowest BCUT2D eigenvalue weighted by atomic mass is 10.0. The number of amides is 1. The van der Waals surface area contributed by atoms with Crippen LogP contribution in [0.3, 0.4) is 0 Å². The Balaban J connectivity index is 3.44. The van der Waals surface area contributed by atoms with Gasteiger partial charge in [0, 0.05) is 6.42 Å². The van der Waals surface area contributed by atoms with E-state index >= 15 is 0 Å². The summed E-state index contributed by atoms with van der Waals surface area (Å²) in [5, 5.41) is 22.9. The maximum Gasteiger partial charge on any atom is 0.220 e. The molecule has 0 spiro atoms. The van der Waals surface area contributed by atoms with E-state index in [2.05, 4.69) is 19.2 Å². The largest absolute Gasteiger partial charge is 0.394 e. The van der Waals surface area contributed by atoms with Gasteiger partial charge in [-0.25, -0.2) is 0 Å². The van der Waals surface area contributed by atoms with E-state index in [4.69, 9.17) is 0 Å².